The minimum Gasteiger partial charge on any atom is -0.493 e. The molecule has 1 atom stereocenters. The molecule has 3 nitrogen and oxygen atoms in total. The number of hydrogen-bond donors (Lipinski definition) is 1. The second-order valence-electron chi connectivity index (χ2n) is 3.99. The SMILES string of the molecule is COc1cc(CC(C)N)cc(Br)c1OCC(F)F. The zero-order valence-corrected chi connectivity index (χ0v) is 11.8. The largest absolute Gasteiger partial charge is 0.493 e. The van der Waals surface area contributed by atoms with Crippen LogP contribution in [0.1, 0.15) is 12.5 Å². The third-order valence-corrected chi connectivity index (χ3v) is 2.79. The van der Waals surface area contributed by atoms with Crippen molar-refractivity contribution in [3.8, 4) is 11.5 Å². The molecule has 1 aromatic rings. The summed E-state index contributed by atoms with van der Waals surface area (Å²) in [5.74, 6) is 0.701. The van der Waals surface area contributed by atoms with Gasteiger partial charge in [-0.3, -0.25) is 0 Å². The van der Waals surface area contributed by atoms with E-state index in [2.05, 4.69) is 15.9 Å². The maximum absolute atomic E-state index is 12.1. The Morgan fingerprint density at radius 3 is 2.56 bits per heavy atom. The van der Waals surface area contributed by atoms with Crippen LogP contribution in [0.4, 0.5) is 8.78 Å². The second kappa shape index (κ2) is 6.89. The number of nitrogens with two attached hydrogens (primary N) is 1. The Kier molecular flexibility index (Phi) is 5.81. The van der Waals surface area contributed by atoms with Crippen LogP contribution < -0.4 is 15.2 Å². The van der Waals surface area contributed by atoms with Gasteiger partial charge in [0.15, 0.2) is 11.5 Å². The third kappa shape index (κ3) is 4.42. The van der Waals surface area contributed by atoms with E-state index in [0.717, 1.165) is 5.56 Å². The first kappa shape index (κ1) is 15.2. The van der Waals surface area contributed by atoms with Gasteiger partial charge in [-0.15, -0.1) is 0 Å². The first-order valence-electron chi connectivity index (χ1n) is 5.47. The van der Waals surface area contributed by atoms with Crippen molar-refractivity contribution in [1.29, 1.82) is 0 Å². The third-order valence-electron chi connectivity index (χ3n) is 2.20. The molecule has 1 rings (SSSR count). The molecule has 6 heteroatoms. The van der Waals surface area contributed by atoms with E-state index in [4.69, 9.17) is 15.2 Å². The molecule has 0 aliphatic rings. The number of rotatable bonds is 6. The molecule has 0 heterocycles. The molecule has 18 heavy (non-hydrogen) atoms. The molecule has 0 bridgehead atoms. The van der Waals surface area contributed by atoms with E-state index in [9.17, 15) is 8.78 Å². The normalized spacial score (nSPS) is 12.6. The van der Waals surface area contributed by atoms with Crippen LogP contribution in [0.3, 0.4) is 0 Å². The molecule has 0 amide bonds. The van der Waals surface area contributed by atoms with Gasteiger partial charge in [0, 0.05) is 6.04 Å². The number of alkyl halides is 2. The minimum absolute atomic E-state index is 0.00874. The fraction of sp³-hybridized carbons (Fsp3) is 0.500. The van der Waals surface area contributed by atoms with Crippen LogP contribution in [0.25, 0.3) is 0 Å². The van der Waals surface area contributed by atoms with Crippen molar-refractivity contribution < 1.29 is 18.3 Å². The summed E-state index contributed by atoms with van der Waals surface area (Å²) in [6, 6.07) is 3.55. The zero-order valence-electron chi connectivity index (χ0n) is 10.3. The Labute approximate surface area is 113 Å². The van der Waals surface area contributed by atoms with Crippen LogP contribution in [-0.4, -0.2) is 26.2 Å². The van der Waals surface area contributed by atoms with Crippen LogP contribution in [0.15, 0.2) is 16.6 Å². The Hall–Kier alpha value is -0.880. The Balaban J connectivity index is 2.96. The Bertz CT molecular complexity index is 400. The number of benzene rings is 1. The molecule has 0 saturated heterocycles. The van der Waals surface area contributed by atoms with Crippen molar-refractivity contribution in [2.45, 2.75) is 25.8 Å². The average Bonchev–Trinajstić information content (AvgIpc) is 2.25. The Morgan fingerprint density at radius 2 is 2.06 bits per heavy atom. The van der Waals surface area contributed by atoms with Crippen molar-refractivity contribution in [3.05, 3.63) is 22.2 Å². The summed E-state index contributed by atoms with van der Waals surface area (Å²) >= 11 is 3.29. The van der Waals surface area contributed by atoms with Crippen molar-refractivity contribution in [3.63, 3.8) is 0 Å². The van der Waals surface area contributed by atoms with Crippen LogP contribution in [-0.2, 0) is 6.42 Å². The molecule has 0 aliphatic heterocycles. The van der Waals surface area contributed by atoms with E-state index in [1.165, 1.54) is 7.11 Å². The zero-order chi connectivity index (χ0) is 13.7. The van der Waals surface area contributed by atoms with Gasteiger partial charge in [-0.1, -0.05) is 0 Å². The number of methoxy groups -OCH3 is 1. The van der Waals surface area contributed by atoms with E-state index < -0.39 is 13.0 Å². The molecule has 0 aromatic heterocycles. The highest BCUT2D eigenvalue weighted by atomic mass is 79.9. The fourth-order valence-electron chi connectivity index (χ4n) is 1.55. The van der Waals surface area contributed by atoms with E-state index in [1.807, 2.05) is 6.92 Å². The molecular formula is C12H16BrF2NO2. The van der Waals surface area contributed by atoms with Crippen LogP contribution in [0.2, 0.25) is 0 Å². The summed E-state index contributed by atoms with van der Waals surface area (Å²) in [5.41, 5.74) is 6.67. The first-order chi connectivity index (χ1) is 8.43. The summed E-state index contributed by atoms with van der Waals surface area (Å²) in [4.78, 5) is 0. The predicted octanol–water partition coefficient (Wildman–Crippen LogP) is 2.99. The molecule has 0 radical (unpaired) electrons. The lowest BCUT2D eigenvalue weighted by Crippen LogP contribution is -2.18. The summed E-state index contributed by atoms with van der Waals surface area (Å²) in [6.45, 7) is 1.23. The molecule has 0 aliphatic carbocycles. The molecule has 0 spiro atoms. The lowest BCUT2D eigenvalue weighted by molar-refractivity contribution is 0.0800. The Morgan fingerprint density at radius 1 is 1.39 bits per heavy atom. The van der Waals surface area contributed by atoms with Crippen LogP contribution in [0, 0.1) is 0 Å². The predicted molar refractivity (Wildman–Crippen MR) is 69.5 cm³/mol. The maximum Gasteiger partial charge on any atom is 0.272 e. The van der Waals surface area contributed by atoms with Crippen molar-refractivity contribution in [2.24, 2.45) is 5.73 Å². The van der Waals surface area contributed by atoms with Gasteiger partial charge in [-0.25, -0.2) is 8.78 Å². The van der Waals surface area contributed by atoms with E-state index in [1.54, 1.807) is 12.1 Å². The summed E-state index contributed by atoms with van der Waals surface area (Å²) in [6.07, 6.45) is -1.85. The summed E-state index contributed by atoms with van der Waals surface area (Å²) < 4.78 is 35.0. The van der Waals surface area contributed by atoms with E-state index in [0.29, 0.717) is 16.6 Å². The van der Waals surface area contributed by atoms with Gasteiger partial charge >= 0.3 is 0 Å². The number of ether oxygens (including phenoxy) is 2. The van der Waals surface area contributed by atoms with Gasteiger partial charge in [-0.05, 0) is 47.0 Å². The highest BCUT2D eigenvalue weighted by molar-refractivity contribution is 9.10. The van der Waals surface area contributed by atoms with Gasteiger partial charge < -0.3 is 15.2 Å². The molecule has 1 aromatic carbocycles. The van der Waals surface area contributed by atoms with Crippen molar-refractivity contribution in [1.82, 2.24) is 0 Å². The molecule has 102 valence electrons. The molecule has 1 unspecified atom stereocenters. The average molecular weight is 324 g/mol. The highest BCUT2D eigenvalue weighted by Gasteiger charge is 2.14. The smallest absolute Gasteiger partial charge is 0.272 e. The van der Waals surface area contributed by atoms with Crippen molar-refractivity contribution in [2.75, 3.05) is 13.7 Å². The lowest BCUT2D eigenvalue weighted by atomic mass is 10.1. The van der Waals surface area contributed by atoms with Crippen molar-refractivity contribution >= 4 is 15.9 Å². The van der Waals surface area contributed by atoms with E-state index in [-0.39, 0.29) is 11.8 Å². The molecule has 0 fully saturated rings. The number of halogens is 3. The summed E-state index contributed by atoms with van der Waals surface area (Å²) in [7, 11) is 1.46. The fourth-order valence-corrected chi connectivity index (χ4v) is 2.15. The second-order valence-corrected chi connectivity index (χ2v) is 4.85. The van der Waals surface area contributed by atoms with E-state index >= 15 is 0 Å². The minimum atomic E-state index is -2.52. The summed E-state index contributed by atoms with van der Waals surface area (Å²) in [5, 5.41) is 0. The van der Waals surface area contributed by atoms with Gasteiger partial charge in [0.2, 0.25) is 0 Å². The monoisotopic (exact) mass is 323 g/mol. The number of hydrogen-bond acceptors (Lipinski definition) is 3. The first-order valence-corrected chi connectivity index (χ1v) is 6.26. The van der Waals surface area contributed by atoms with Crippen LogP contribution in [0.5, 0.6) is 11.5 Å². The van der Waals surface area contributed by atoms with Gasteiger partial charge in [0.25, 0.3) is 6.43 Å². The highest BCUT2D eigenvalue weighted by Crippen LogP contribution is 2.37. The lowest BCUT2D eigenvalue weighted by Gasteiger charge is -2.15. The quantitative estimate of drug-likeness (QED) is 0.875. The van der Waals surface area contributed by atoms with Gasteiger partial charge in [0.1, 0.15) is 6.61 Å². The van der Waals surface area contributed by atoms with Gasteiger partial charge in [0.05, 0.1) is 11.6 Å². The molecular weight excluding hydrogens is 308 g/mol. The molecule has 2 N–H and O–H groups in total. The van der Waals surface area contributed by atoms with Crippen LogP contribution >= 0.6 is 15.9 Å². The maximum atomic E-state index is 12.1. The topological polar surface area (TPSA) is 44.5 Å². The standard InChI is InChI=1S/C12H16BrF2NO2/c1-7(16)3-8-4-9(13)12(10(5-8)17-2)18-6-11(14)15/h4-5,7,11H,3,6,16H2,1-2H3. The van der Waals surface area contributed by atoms with Gasteiger partial charge in [-0.2, -0.15) is 0 Å². The molecule has 0 saturated carbocycles.